The van der Waals surface area contributed by atoms with Crippen molar-refractivity contribution in [3.63, 3.8) is 0 Å². The molecule has 24 heavy (non-hydrogen) atoms. The quantitative estimate of drug-likeness (QED) is 0.925. The number of amides is 1. The molecule has 1 fully saturated rings. The second-order valence-electron chi connectivity index (χ2n) is 5.90. The molecule has 3 rings (SSSR count). The molecule has 6 nitrogen and oxygen atoms in total. The summed E-state index contributed by atoms with van der Waals surface area (Å²) < 4.78 is 31.3. The first-order chi connectivity index (χ1) is 11.5. The van der Waals surface area contributed by atoms with Crippen molar-refractivity contribution in [1.29, 1.82) is 0 Å². The van der Waals surface area contributed by atoms with Gasteiger partial charge in [-0.3, -0.25) is 9.69 Å². The summed E-state index contributed by atoms with van der Waals surface area (Å²) in [7, 11) is 0. The summed E-state index contributed by atoms with van der Waals surface area (Å²) in [4.78, 5) is 14.1. The van der Waals surface area contributed by atoms with E-state index in [4.69, 9.17) is 4.42 Å². The molecule has 0 atom stereocenters. The van der Waals surface area contributed by atoms with Crippen LogP contribution in [0.3, 0.4) is 0 Å². The summed E-state index contributed by atoms with van der Waals surface area (Å²) in [6.07, 6.45) is 1.53. The normalized spacial score (nSPS) is 16.3. The Bertz CT molecular complexity index is 727. The number of aryl methyl sites for hydroxylation is 1. The van der Waals surface area contributed by atoms with Crippen LogP contribution in [-0.4, -0.2) is 40.1 Å². The summed E-state index contributed by atoms with van der Waals surface area (Å²) in [5, 5.41) is 10.2. The van der Waals surface area contributed by atoms with Crippen molar-refractivity contribution >= 4 is 5.91 Å². The van der Waals surface area contributed by atoms with Crippen molar-refractivity contribution in [2.24, 2.45) is 0 Å². The van der Waals surface area contributed by atoms with Crippen molar-refractivity contribution in [1.82, 2.24) is 20.4 Å². The van der Waals surface area contributed by atoms with Gasteiger partial charge in [-0.25, -0.2) is 8.78 Å². The minimum Gasteiger partial charge on any atom is -0.417 e. The Balaban J connectivity index is 1.48. The highest BCUT2D eigenvalue weighted by Crippen LogP contribution is 2.16. The minimum absolute atomic E-state index is 0.0308. The lowest BCUT2D eigenvalue weighted by Crippen LogP contribution is -2.44. The predicted octanol–water partition coefficient (Wildman–Crippen LogP) is 2.05. The van der Waals surface area contributed by atoms with E-state index in [1.54, 1.807) is 13.0 Å². The summed E-state index contributed by atoms with van der Waals surface area (Å²) in [6.45, 7) is 3.70. The second-order valence-corrected chi connectivity index (χ2v) is 5.90. The third-order valence-corrected chi connectivity index (χ3v) is 4.03. The van der Waals surface area contributed by atoms with Gasteiger partial charge < -0.3 is 9.73 Å². The Labute approximate surface area is 137 Å². The fourth-order valence-corrected chi connectivity index (χ4v) is 2.77. The number of likely N-dealkylation sites (tertiary alicyclic amines) is 1. The monoisotopic (exact) mass is 336 g/mol. The van der Waals surface area contributed by atoms with Crippen LogP contribution in [0.1, 0.15) is 35.0 Å². The van der Waals surface area contributed by atoms with Crippen LogP contribution in [-0.2, 0) is 6.54 Å². The fourth-order valence-electron chi connectivity index (χ4n) is 2.77. The van der Waals surface area contributed by atoms with Crippen molar-refractivity contribution in [2.45, 2.75) is 32.4 Å². The number of hydrogen-bond donors (Lipinski definition) is 1. The summed E-state index contributed by atoms with van der Waals surface area (Å²) in [5.41, 5.74) is 0.734. The third kappa shape index (κ3) is 3.94. The number of nitrogens with one attached hydrogen (secondary N) is 1. The lowest BCUT2D eigenvalue weighted by atomic mass is 10.0. The van der Waals surface area contributed by atoms with Gasteiger partial charge in [-0.1, -0.05) is 6.07 Å². The molecular formula is C16H18F2N4O2. The number of halogens is 2. The molecule has 1 aromatic carbocycles. The van der Waals surface area contributed by atoms with Crippen LogP contribution in [0.2, 0.25) is 0 Å². The smallest absolute Gasteiger partial charge is 0.309 e. The molecule has 2 aromatic rings. The Hall–Kier alpha value is -2.35. The predicted molar refractivity (Wildman–Crippen MR) is 81.2 cm³/mol. The van der Waals surface area contributed by atoms with Gasteiger partial charge in [0.1, 0.15) is 0 Å². The van der Waals surface area contributed by atoms with Gasteiger partial charge in [-0.05, 0) is 30.5 Å². The van der Waals surface area contributed by atoms with E-state index in [-0.39, 0.29) is 17.8 Å². The maximum Gasteiger partial charge on any atom is 0.309 e. The van der Waals surface area contributed by atoms with Gasteiger partial charge >= 0.3 is 11.8 Å². The van der Waals surface area contributed by atoms with Crippen LogP contribution in [0.5, 0.6) is 0 Å². The van der Waals surface area contributed by atoms with Crippen LogP contribution in [0, 0.1) is 18.6 Å². The van der Waals surface area contributed by atoms with Gasteiger partial charge in [0.05, 0.1) is 0 Å². The van der Waals surface area contributed by atoms with Crippen LogP contribution < -0.4 is 5.32 Å². The van der Waals surface area contributed by atoms with Crippen LogP contribution in [0.4, 0.5) is 8.78 Å². The maximum absolute atomic E-state index is 13.2. The summed E-state index contributed by atoms with van der Waals surface area (Å²) >= 11 is 0. The Morgan fingerprint density at radius 3 is 2.67 bits per heavy atom. The number of carbonyl (C=O) groups excluding carboxylic acids is 1. The number of hydrogen-bond acceptors (Lipinski definition) is 5. The highest BCUT2D eigenvalue weighted by atomic mass is 19.2. The molecule has 1 aliphatic rings. The standard InChI is InChI=1S/C16H18F2N4O2/c1-10-20-21-16(24-10)15(23)19-12-4-6-22(7-5-12)9-11-2-3-13(17)14(18)8-11/h2-3,8,12H,4-7,9H2,1H3,(H,19,23). The Morgan fingerprint density at radius 1 is 1.29 bits per heavy atom. The largest absolute Gasteiger partial charge is 0.417 e. The van der Waals surface area contributed by atoms with Crippen molar-refractivity contribution in [3.8, 4) is 0 Å². The van der Waals surface area contributed by atoms with E-state index >= 15 is 0 Å². The first-order valence-electron chi connectivity index (χ1n) is 7.78. The molecule has 0 spiro atoms. The van der Waals surface area contributed by atoms with Gasteiger partial charge in [0.25, 0.3) is 0 Å². The average molecular weight is 336 g/mol. The highest BCUT2D eigenvalue weighted by Gasteiger charge is 2.23. The van der Waals surface area contributed by atoms with E-state index in [1.165, 1.54) is 6.07 Å². The molecule has 1 N–H and O–H groups in total. The summed E-state index contributed by atoms with van der Waals surface area (Å²) in [6, 6.07) is 3.99. The topological polar surface area (TPSA) is 71.3 Å². The van der Waals surface area contributed by atoms with E-state index in [2.05, 4.69) is 20.4 Å². The summed E-state index contributed by atoms with van der Waals surface area (Å²) in [5.74, 6) is -1.71. The zero-order chi connectivity index (χ0) is 17.1. The molecule has 1 amide bonds. The SMILES string of the molecule is Cc1nnc(C(=O)NC2CCN(Cc3ccc(F)c(F)c3)CC2)o1. The molecule has 0 bridgehead atoms. The molecule has 0 saturated carbocycles. The van der Waals surface area contributed by atoms with E-state index in [9.17, 15) is 13.6 Å². The second kappa shape index (κ2) is 7.04. The van der Waals surface area contributed by atoms with E-state index < -0.39 is 11.6 Å². The number of piperidine rings is 1. The molecule has 1 aromatic heterocycles. The number of nitrogens with zero attached hydrogens (tertiary/aromatic N) is 3. The molecule has 1 saturated heterocycles. The minimum atomic E-state index is -0.837. The van der Waals surface area contributed by atoms with Crippen LogP contribution >= 0.6 is 0 Å². The van der Waals surface area contributed by atoms with Gasteiger partial charge in [0.15, 0.2) is 11.6 Å². The number of carbonyl (C=O) groups is 1. The Morgan fingerprint density at radius 2 is 2.04 bits per heavy atom. The van der Waals surface area contributed by atoms with Gasteiger partial charge in [0.2, 0.25) is 5.89 Å². The number of rotatable bonds is 4. The number of aromatic nitrogens is 2. The zero-order valence-corrected chi connectivity index (χ0v) is 13.3. The third-order valence-electron chi connectivity index (χ3n) is 4.03. The van der Waals surface area contributed by atoms with Gasteiger partial charge in [-0.2, -0.15) is 0 Å². The fraction of sp³-hybridized carbons (Fsp3) is 0.438. The first-order valence-corrected chi connectivity index (χ1v) is 7.78. The molecule has 1 aliphatic heterocycles. The maximum atomic E-state index is 13.2. The molecule has 0 unspecified atom stereocenters. The van der Waals surface area contributed by atoms with Crippen molar-refractivity contribution in [3.05, 3.63) is 47.2 Å². The van der Waals surface area contributed by atoms with Crippen molar-refractivity contribution < 1.29 is 18.0 Å². The number of benzene rings is 1. The zero-order valence-electron chi connectivity index (χ0n) is 13.3. The Kier molecular flexibility index (Phi) is 4.84. The molecule has 8 heteroatoms. The van der Waals surface area contributed by atoms with Crippen molar-refractivity contribution in [2.75, 3.05) is 13.1 Å². The molecular weight excluding hydrogens is 318 g/mol. The van der Waals surface area contributed by atoms with E-state index in [1.807, 2.05) is 0 Å². The van der Waals surface area contributed by atoms with Crippen LogP contribution in [0.25, 0.3) is 0 Å². The lowest BCUT2D eigenvalue weighted by molar-refractivity contribution is 0.0872. The highest BCUT2D eigenvalue weighted by molar-refractivity contribution is 5.89. The van der Waals surface area contributed by atoms with E-state index in [0.29, 0.717) is 12.4 Å². The van der Waals surface area contributed by atoms with Gasteiger partial charge in [0, 0.05) is 32.6 Å². The molecule has 0 aliphatic carbocycles. The average Bonchev–Trinajstić information content (AvgIpc) is 2.99. The van der Waals surface area contributed by atoms with E-state index in [0.717, 1.165) is 37.6 Å². The van der Waals surface area contributed by atoms with Crippen LogP contribution in [0.15, 0.2) is 22.6 Å². The van der Waals surface area contributed by atoms with Gasteiger partial charge in [-0.15, -0.1) is 10.2 Å². The lowest BCUT2D eigenvalue weighted by Gasteiger charge is -2.32. The molecule has 2 heterocycles. The molecule has 0 radical (unpaired) electrons. The first kappa shape index (κ1) is 16.5. The molecule has 128 valence electrons.